The molecule has 1 aliphatic rings. The summed E-state index contributed by atoms with van der Waals surface area (Å²) < 4.78 is 12.2. The molecule has 0 amide bonds. The van der Waals surface area contributed by atoms with E-state index in [1.165, 1.54) is 0 Å². The van der Waals surface area contributed by atoms with E-state index in [1.54, 1.807) is 0 Å². The second-order valence-corrected chi connectivity index (χ2v) is 6.11. The van der Waals surface area contributed by atoms with E-state index in [1.807, 2.05) is 43.4 Å². The molecule has 2 aromatic carbocycles. The van der Waals surface area contributed by atoms with E-state index >= 15 is 0 Å². The van der Waals surface area contributed by atoms with Crippen molar-refractivity contribution in [2.75, 3.05) is 20.3 Å². The van der Waals surface area contributed by atoms with Gasteiger partial charge < -0.3 is 14.8 Å². The number of nitrogens with one attached hydrogen (secondary N) is 1. The molecule has 0 saturated carbocycles. The van der Waals surface area contributed by atoms with Gasteiger partial charge in [-0.25, -0.2) is 0 Å². The second-order valence-electron chi connectivity index (χ2n) is 4.79. The number of halogens is 2. The van der Waals surface area contributed by atoms with Gasteiger partial charge in [-0.1, -0.05) is 33.6 Å². The van der Waals surface area contributed by atoms with Crippen LogP contribution in [0.4, 0.5) is 0 Å². The summed E-state index contributed by atoms with van der Waals surface area (Å²) in [5.74, 6) is 1.57. The molecular formula is C16H15BrClNO2. The lowest BCUT2D eigenvalue weighted by atomic mass is 9.98. The molecule has 0 aromatic heterocycles. The van der Waals surface area contributed by atoms with Gasteiger partial charge in [-0.2, -0.15) is 0 Å². The first-order chi connectivity index (χ1) is 10.2. The number of hydrogen-bond donors (Lipinski definition) is 1. The lowest BCUT2D eigenvalue weighted by molar-refractivity contribution is 0.171. The molecule has 3 nitrogen and oxygen atoms in total. The summed E-state index contributed by atoms with van der Waals surface area (Å²) in [7, 11) is 1.92. The van der Waals surface area contributed by atoms with Crippen LogP contribution < -0.4 is 14.8 Å². The van der Waals surface area contributed by atoms with Crippen molar-refractivity contribution in [1.29, 1.82) is 0 Å². The van der Waals surface area contributed by atoms with Crippen LogP contribution in [0.2, 0.25) is 5.02 Å². The first-order valence-corrected chi connectivity index (χ1v) is 7.88. The minimum atomic E-state index is -0.00849. The highest BCUT2D eigenvalue weighted by Crippen LogP contribution is 2.36. The van der Waals surface area contributed by atoms with Crippen LogP contribution in [0.5, 0.6) is 11.5 Å². The molecule has 3 rings (SSSR count). The van der Waals surface area contributed by atoms with Gasteiger partial charge in [0.1, 0.15) is 13.2 Å². The fraction of sp³-hybridized carbons (Fsp3) is 0.250. The minimum Gasteiger partial charge on any atom is -0.486 e. The van der Waals surface area contributed by atoms with Crippen LogP contribution >= 0.6 is 27.5 Å². The highest BCUT2D eigenvalue weighted by molar-refractivity contribution is 9.10. The number of ether oxygens (including phenoxy) is 2. The molecule has 1 N–H and O–H groups in total. The van der Waals surface area contributed by atoms with Gasteiger partial charge >= 0.3 is 0 Å². The zero-order chi connectivity index (χ0) is 14.8. The SMILES string of the molecule is CNC(c1ccc2c(c1)OCCO2)c1cc(Br)ccc1Cl. The Morgan fingerprint density at radius 3 is 2.62 bits per heavy atom. The van der Waals surface area contributed by atoms with Crippen molar-refractivity contribution in [3.8, 4) is 11.5 Å². The molecule has 0 aliphatic carbocycles. The van der Waals surface area contributed by atoms with Gasteiger partial charge in [0.15, 0.2) is 11.5 Å². The van der Waals surface area contributed by atoms with E-state index < -0.39 is 0 Å². The molecule has 1 heterocycles. The van der Waals surface area contributed by atoms with Gasteiger partial charge in [-0.15, -0.1) is 0 Å². The largest absolute Gasteiger partial charge is 0.486 e. The fourth-order valence-corrected chi connectivity index (χ4v) is 3.08. The number of rotatable bonds is 3. The van der Waals surface area contributed by atoms with E-state index in [-0.39, 0.29) is 6.04 Å². The van der Waals surface area contributed by atoms with Crippen molar-refractivity contribution in [2.24, 2.45) is 0 Å². The molecule has 0 fully saturated rings. The Bertz CT molecular complexity index is 663. The van der Waals surface area contributed by atoms with Crippen LogP contribution in [0.3, 0.4) is 0 Å². The molecule has 1 atom stereocenters. The molecule has 0 bridgehead atoms. The van der Waals surface area contributed by atoms with Crippen LogP contribution in [0.1, 0.15) is 17.2 Å². The second kappa shape index (κ2) is 6.26. The Kier molecular flexibility index (Phi) is 4.38. The number of benzene rings is 2. The highest BCUT2D eigenvalue weighted by atomic mass is 79.9. The summed E-state index contributed by atoms with van der Waals surface area (Å²) in [6.45, 7) is 1.18. The van der Waals surface area contributed by atoms with Crippen molar-refractivity contribution >= 4 is 27.5 Å². The maximum absolute atomic E-state index is 6.35. The first-order valence-electron chi connectivity index (χ1n) is 6.71. The van der Waals surface area contributed by atoms with Crippen LogP contribution in [-0.4, -0.2) is 20.3 Å². The molecule has 0 saturated heterocycles. The highest BCUT2D eigenvalue weighted by Gasteiger charge is 2.19. The third-order valence-corrected chi connectivity index (χ3v) is 4.29. The minimum absolute atomic E-state index is 0.00849. The van der Waals surface area contributed by atoms with Crippen molar-refractivity contribution in [3.63, 3.8) is 0 Å². The van der Waals surface area contributed by atoms with Gasteiger partial charge in [-0.05, 0) is 48.5 Å². The lowest BCUT2D eigenvalue weighted by Gasteiger charge is -2.23. The third kappa shape index (κ3) is 3.03. The van der Waals surface area contributed by atoms with Crippen LogP contribution in [0.25, 0.3) is 0 Å². The topological polar surface area (TPSA) is 30.5 Å². The summed E-state index contributed by atoms with van der Waals surface area (Å²) in [4.78, 5) is 0. The standard InChI is InChI=1S/C16H15BrClNO2/c1-19-16(12-9-11(17)3-4-13(12)18)10-2-5-14-15(8-10)21-7-6-20-14/h2-5,8-9,16,19H,6-7H2,1H3. The van der Waals surface area contributed by atoms with Crippen molar-refractivity contribution in [1.82, 2.24) is 5.32 Å². The van der Waals surface area contributed by atoms with Crippen LogP contribution in [0, 0.1) is 0 Å². The van der Waals surface area contributed by atoms with E-state index in [9.17, 15) is 0 Å². The summed E-state index contributed by atoms with van der Waals surface area (Å²) >= 11 is 9.84. The predicted octanol–water partition coefficient (Wildman–Crippen LogP) is 4.18. The third-order valence-electron chi connectivity index (χ3n) is 3.46. The average molecular weight is 369 g/mol. The maximum Gasteiger partial charge on any atom is 0.161 e. The average Bonchev–Trinajstić information content (AvgIpc) is 2.51. The molecule has 21 heavy (non-hydrogen) atoms. The monoisotopic (exact) mass is 367 g/mol. The molecule has 5 heteroatoms. The number of fused-ring (bicyclic) bond motifs is 1. The lowest BCUT2D eigenvalue weighted by Crippen LogP contribution is -2.20. The molecule has 2 aromatic rings. The zero-order valence-corrected chi connectivity index (χ0v) is 13.9. The Hall–Kier alpha value is -1.23. The molecular weight excluding hydrogens is 354 g/mol. The first kappa shape index (κ1) is 14.7. The smallest absolute Gasteiger partial charge is 0.161 e. The van der Waals surface area contributed by atoms with Gasteiger partial charge in [0.25, 0.3) is 0 Å². The van der Waals surface area contributed by atoms with E-state index in [0.29, 0.717) is 13.2 Å². The Morgan fingerprint density at radius 2 is 1.86 bits per heavy atom. The van der Waals surface area contributed by atoms with Gasteiger partial charge in [-0.3, -0.25) is 0 Å². The van der Waals surface area contributed by atoms with Crippen molar-refractivity contribution in [3.05, 3.63) is 57.0 Å². The van der Waals surface area contributed by atoms with E-state index in [0.717, 1.165) is 32.1 Å². The summed E-state index contributed by atoms with van der Waals surface area (Å²) in [5.41, 5.74) is 2.10. The summed E-state index contributed by atoms with van der Waals surface area (Å²) in [6, 6.07) is 11.8. The van der Waals surface area contributed by atoms with Gasteiger partial charge in [0.2, 0.25) is 0 Å². The molecule has 0 radical (unpaired) electrons. The normalized spacial score (nSPS) is 14.8. The molecule has 110 valence electrons. The van der Waals surface area contributed by atoms with Crippen molar-refractivity contribution in [2.45, 2.75) is 6.04 Å². The van der Waals surface area contributed by atoms with Crippen LogP contribution in [0.15, 0.2) is 40.9 Å². The van der Waals surface area contributed by atoms with Gasteiger partial charge in [0, 0.05) is 9.50 Å². The Balaban J connectivity index is 2.01. The Morgan fingerprint density at radius 1 is 1.10 bits per heavy atom. The van der Waals surface area contributed by atoms with Crippen LogP contribution in [-0.2, 0) is 0 Å². The molecule has 1 unspecified atom stereocenters. The quantitative estimate of drug-likeness (QED) is 0.881. The molecule has 1 aliphatic heterocycles. The van der Waals surface area contributed by atoms with Crippen molar-refractivity contribution < 1.29 is 9.47 Å². The zero-order valence-electron chi connectivity index (χ0n) is 11.5. The van der Waals surface area contributed by atoms with E-state index in [2.05, 4.69) is 21.2 Å². The fourth-order valence-electron chi connectivity index (χ4n) is 2.48. The Labute approximate surface area is 137 Å². The van der Waals surface area contributed by atoms with Gasteiger partial charge in [0.05, 0.1) is 6.04 Å². The maximum atomic E-state index is 6.35. The summed E-state index contributed by atoms with van der Waals surface area (Å²) in [5, 5.41) is 4.04. The molecule has 0 spiro atoms. The van der Waals surface area contributed by atoms with E-state index in [4.69, 9.17) is 21.1 Å². The summed E-state index contributed by atoms with van der Waals surface area (Å²) in [6.07, 6.45) is 0. The predicted molar refractivity (Wildman–Crippen MR) is 87.5 cm³/mol. The number of hydrogen-bond acceptors (Lipinski definition) is 3.